The molecule has 2 heteroatoms. The molecule has 0 unspecified atom stereocenters. The summed E-state index contributed by atoms with van der Waals surface area (Å²) in [4.78, 5) is 2.43. The molecule has 10 rings (SSSR count). The summed E-state index contributed by atoms with van der Waals surface area (Å²) in [6.45, 7) is 0. The SMILES string of the molecule is c1ccc(-c2ccc(N(c3ccc4c(c3)sc3c(-c5ccccc5)cccc34)c3ccc4ccc5ccccc5c4c3)cc2-c2ccccc2)cc1. The Hall–Kier alpha value is -6.48. The Morgan fingerprint density at radius 1 is 0.308 bits per heavy atom. The van der Waals surface area contributed by atoms with Gasteiger partial charge in [-0.2, -0.15) is 0 Å². The minimum atomic E-state index is 1.11. The molecule has 1 nitrogen and oxygen atoms in total. The Morgan fingerprint density at radius 3 is 1.60 bits per heavy atom. The molecule has 0 N–H and O–H groups in total. The van der Waals surface area contributed by atoms with E-state index < -0.39 is 0 Å². The molecule has 0 atom stereocenters. The van der Waals surface area contributed by atoms with E-state index >= 15 is 0 Å². The molecular weight excluding hydrogens is 647 g/mol. The molecule has 0 saturated heterocycles. The lowest BCUT2D eigenvalue weighted by Crippen LogP contribution is -2.10. The molecule has 9 aromatic carbocycles. The van der Waals surface area contributed by atoms with Crippen LogP contribution in [0, 0.1) is 0 Å². The zero-order valence-corrected chi connectivity index (χ0v) is 29.2. The number of thiophene rings is 1. The van der Waals surface area contributed by atoms with Crippen LogP contribution in [-0.2, 0) is 0 Å². The molecule has 0 bridgehead atoms. The number of fused-ring (bicyclic) bond motifs is 6. The smallest absolute Gasteiger partial charge is 0.0476 e. The van der Waals surface area contributed by atoms with Gasteiger partial charge >= 0.3 is 0 Å². The molecule has 244 valence electrons. The molecule has 0 aliphatic heterocycles. The highest BCUT2D eigenvalue weighted by atomic mass is 32.1. The van der Waals surface area contributed by atoms with Gasteiger partial charge in [0.2, 0.25) is 0 Å². The van der Waals surface area contributed by atoms with Gasteiger partial charge in [0, 0.05) is 37.2 Å². The lowest BCUT2D eigenvalue weighted by Gasteiger charge is -2.27. The van der Waals surface area contributed by atoms with E-state index in [2.05, 4.69) is 205 Å². The molecule has 0 saturated carbocycles. The van der Waals surface area contributed by atoms with Crippen LogP contribution in [0.1, 0.15) is 0 Å². The molecule has 0 aliphatic rings. The van der Waals surface area contributed by atoms with Crippen LogP contribution >= 0.6 is 11.3 Å². The van der Waals surface area contributed by atoms with E-state index in [-0.39, 0.29) is 0 Å². The van der Waals surface area contributed by atoms with Crippen molar-refractivity contribution in [2.75, 3.05) is 4.90 Å². The third kappa shape index (κ3) is 5.24. The molecule has 10 aromatic rings. The fourth-order valence-electron chi connectivity index (χ4n) is 7.74. The maximum atomic E-state index is 2.43. The molecule has 1 aromatic heterocycles. The van der Waals surface area contributed by atoms with E-state index in [4.69, 9.17) is 0 Å². The van der Waals surface area contributed by atoms with Crippen LogP contribution in [0.2, 0.25) is 0 Å². The van der Waals surface area contributed by atoms with Crippen LogP contribution in [0.25, 0.3) is 75.1 Å². The lowest BCUT2D eigenvalue weighted by atomic mass is 9.93. The third-order valence-electron chi connectivity index (χ3n) is 10.2. The molecule has 52 heavy (non-hydrogen) atoms. The van der Waals surface area contributed by atoms with Crippen molar-refractivity contribution in [3.63, 3.8) is 0 Å². The van der Waals surface area contributed by atoms with Crippen molar-refractivity contribution in [3.8, 4) is 33.4 Å². The van der Waals surface area contributed by atoms with E-state index in [1.807, 2.05) is 11.3 Å². The molecule has 0 fully saturated rings. The second-order valence-electron chi connectivity index (χ2n) is 13.3. The fraction of sp³-hybridized carbons (Fsp3) is 0. The van der Waals surface area contributed by atoms with Crippen LogP contribution in [0.15, 0.2) is 200 Å². The summed E-state index contributed by atoms with van der Waals surface area (Å²) < 4.78 is 2.60. The zero-order valence-electron chi connectivity index (χ0n) is 28.4. The topological polar surface area (TPSA) is 3.24 Å². The Bertz CT molecular complexity index is 2890. The average molecular weight is 680 g/mol. The van der Waals surface area contributed by atoms with E-state index in [0.717, 1.165) is 17.1 Å². The summed E-state index contributed by atoms with van der Waals surface area (Å²) in [5, 5.41) is 7.59. The van der Waals surface area contributed by atoms with Gasteiger partial charge in [-0.25, -0.2) is 0 Å². The Labute approximate surface area is 307 Å². The summed E-state index contributed by atoms with van der Waals surface area (Å²) in [6, 6.07) is 72.9. The highest BCUT2D eigenvalue weighted by molar-refractivity contribution is 7.26. The number of hydrogen-bond acceptors (Lipinski definition) is 2. The van der Waals surface area contributed by atoms with Crippen molar-refractivity contribution in [1.82, 2.24) is 0 Å². The standard InChI is InChI=1S/C50H33NS/c1-4-13-34(14-5-1)43-29-27-40(32-47(43)36-17-8-3-9-18-36)51(39-26-25-38-24-23-37-19-10-11-20-42(37)48(38)31-39)41-28-30-45-46-22-12-21-44(35-15-6-2-7-16-35)50(46)52-49(45)33-41/h1-33H. The predicted molar refractivity (Wildman–Crippen MR) is 225 cm³/mol. The fourth-order valence-corrected chi connectivity index (χ4v) is 9.02. The van der Waals surface area contributed by atoms with Gasteiger partial charge in [0.1, 0.15) is 0 Å². The van der Waals surface area contributed by atoms with Crippen LogP contribution in [0.5, 0.6) is 0 Å². The van der Waals surface area contributed by atoms with Gasteiger partial charge in [-0.05, 0) is 91.3 Å². The van der Waals surface area contributed by atoms with E-state index in [0.29, 0.717) is 0 Å². The predicted octanol–water partition coefficient (Wildman–Crippen LogP) is 14.8. The quantitative estimate of drug-likeness (QED) is 0.158. The van der Waals surface area contributed by atoms with Gasteiger partial charge < -0.3 is 4.90 Å². The number of benzene rings is 9. The number of anilines is 3. The monoisotopic (exact) mass is 679 g/mol. The van der Waals surface area contributed by atoms with Crippen molar-refractivity contribution in [2.24, 2.45) is 0 Å². The van der Waals surface area contributed by atoms with Crippen LogP contribution in [0.4, 0.5) is 17.1 Å². The van der Waals surface area contributed by atoms with Gasteiger partial charge in [0.25, 0.3) is 0 Å². The summed E-state index contributed by atoms with van der Waals surface area (Å²) >= 11 is 1.88. The first-order valence-corrected chi connectivity index (χ1v) is 18.6. The summed E-state index contributed by atoms with van der Waals surface area (Å²) in [7, 11) is 0. The highest BCUT2D eigenvalue weighted by Gasteiger charge is 2.19. The van der Waals surface area contributed by atoms with Crippen molar-refractivity contribution in [3.05, 3.63) is 200 Å². The van der Waals surface area contributed by atoms with Crippen molar-refractivity contribution in [1.29, 1.82) is 0 Å². The van der Waals surface area contributed by atoms with Crippen LogP contribution < -0.4 is 4.90 Å². The summed E-state index contributed by atoms with van der Waals surface area (Å²) in [5.74, 6) is 0. The van der Waals surface area contributed by atoms with Crippen LogP contribution in [-0.4, -0.2) is 0 Å². The first kappa shape index (κ1) is 30.4. The van der Waals surface area contributed by atoms with E-state index in [9.17, 15) is 0 Å². The minimum Gasteiger partial charge on any atom is -0.310 e. The number of rotatable bonds is 6. The molecule has 0 aliphatic carbocycles. The summed E-state index contributed by atoms with van der Waals surface area (Å²) in [6.07, 6.45) is 0. The molecule has 0 radical (unpaired) electrons. The van der Waals surface area contributed by atoms with Gasteiger partial charge in [-0.3, -0.25) is 0 Å². The lowest BCUT2D eigenvalue weighted by molar-refractivity contribution is 1.30. The second kappa shape index (κ2) is 12.7. The Kier molecular flexibility index (Phi) is 7.41. The zero-order chi connectivity index (χ0) is 34.4. The van der Waals surface area contributed by atoms with Gasteiger partial charge in [-0.15, -0.1) is 11.3 Å². The molecule has 1 heterocycles. The molecule has 0 amide bonds. The normalized spacial score (nSPS) is 11.5. The maximum absolute atomic E-state index is 2.43. The second-order valence-corrected chi connectivity index (χ2v) is 14.4. The number of hydrogen-bond donors (Lipinski definition) is 0. The van der Waals surface area contributed by atoms with Crippen molar-refractivity contribution in [2.45, 2.75) is 0 Å². The third-order valence-corrected chi connectivity index (χ3v) is 11.4. The van der Waals surface area contributed by atoms with E-state index in [1.54, 1.807) is 0 Å². The average Bonchev–Trinajstić information content (AvgIpc) is 3.60. The van der Waals surface area contributed by atoms with Crippen molar-refractivity contribution < 1.29 is 0 Å². The van der Waals surface area contributed by atoms with E-state index in [1.165, 1.54) is 75.1 Å². The van der Waals surface area contributed by atoms with Crippen molar-refractivity contribution >= 4 is 70.1 Å². The first-order valence-electron chi connectivity index (χ1n) is 17.8. The van der Waals surface area contributed by atoms with Gasteiger partial charge in [0.15, 0.2) is 0 Å². The Morgan fingerprint density at radius 2 is 0.846 bits per heavy atom. The van der Waals surface area contributed by atoms with Crippen LogP contribution in [0.3, 0.4) is 0 Å². The van der Waals surface area contributed by atoms with Gasteiger partial charge in [-0.1, -0.05) is 164 Å². The first-order chi connectivity index (χ1) is 25.8. The molecular formula is C50H33NS. The van der Waals surface area contributed by atoms with Gasteiger partial charge in [0.05, 0.1) is 0 Å². The largest absolute Gasteiger partial charge is 0.310 e. The minimum absolute atomic E-state index is 1.11. The highest BCUT2D eigenvalue weighted by Crippen LogP contribution is 2.45. The number of nitrogens with zero attached hydrogens (tertiary/aromatic N) is 1. The summed E-state index contributed by atoms with van der Waals surface area (Å²) in [5.41, 5.74) is 10.7. The molecule has 0 spiro atoms. The Balaban J connectivity index is 1.21. The maximum Gasteiger partial charge on any atom is 0.0476 e.